The van der Waals surface area contributed by atoms with Gasteiger partial charge in [-0.25, -0.2) is 4.98 Å². The van der Waals surface area contributed by atoms with Gasteiger partial charge in [0.05, 0.1) is 35.4 Å². The molecule has 23 heavy (non-hydrogen) atoms. The second kappa shape index (κ2) is 5.51. The smallest absolute Gasteiger partial charge is 0.251 e. The highest BCUT2D eigenvalue weighted by Crippen LogP contribution is 2.23. The van der Waals surface area contributed by atoms with Gasteiger partial charge < -0.3 is 10.7 Å². The number of hydrogen-bond acceptors (Lipinski definition) is 4. The molecule has 2 aromatic heterocycles. The third kappa shape index (κ3) is 2.70. The van der Waals surface area contributed by atoms with Crippen LogP contribution in [0.3, 0.4) is 0 Å². The van der Waals surface area contributed by atoms with Gasteiger partial charge in [0.1, 0.15) is 5.82 Å². The van der Waals surface area contributed by atoms with E-state index in [9.17, 15) is 4.79 Å². The fourth-order valence-electron chi connectivity index (χ4n) is 3.13. The predicted octanol–water partition coefficient (Wildman–Crippen LogP) is 1.31. The van der Waals surface area contributed by atoms with E-state index >= 15 is 0 Å². The maximum Gasteiger partial charge on any atom is 0.251 e. The molecule has 0 aliphatic carbocycles. The average Bonchev–Trinajstić information content (AvgIpc) is 3.25. The molecule has 1 unspecified atom stereocenters. The van der Waals surface area contributed by atoms with E-state index in [2.05, 4.69) is 20.0 Å². The SMILES string of the molecule is NC(=O)c1cnn(C2CCN(Cc3nc4ccccc4[nH]3)C2)c1. The maximum atomic E-state index is 11.2. The van der Waals surface area contributed by atoms with Crippen molar-refractivity contribution in [2.45, 2.75) is 19.0 Å². The van der Waals surface area contributed by atoms with Crippen LogP contribution in [0.25, 0.3) is 11.0 Å². The number of imidazole rings is 1. The van der Waals surface area contributed by atoms with Gasteiger partial charge in [-0.15, -0.1) is 0 Å². The van der Waals surface area contributed by atoms with Gasteiger partial charge in [0.2, 0.25) is 0 Å². The fraction of sp³-hybridized carbons (Fsp3) is 0.312. The number of nitrogens with one attached hydrogen (secondary N) is 1. The van der Waals surface area contributed by atoms with E-state index in [1.165, 1.54) is 6.20 Å². The minimum absolute atomic E-state index is 0.271. The molecule has 4 rings (SSSR count). The monoisotopic (exact) mass is 310 g/mol. The quantitative estimate of drug-likeness (QED) is 0.760. The van der Waals surface area contributed by atoms with E-state index in [4.69, 9.17) is 5.73 Å². The van der Waals surface area contributed by atoms with Crippen LogP contribution < -0.4 is 5.73 Å². The molecule has 1 aliphatic rings. The van der Waals surface area contributed by atoms with E-state index in [0.29, 0.717) is 5.56 Å². The number of rotatable bonds is 4. The maximum absolute atomic E-state index is 11.2. The van der Waals surface area contributed by atoms with E-state index in [0.717, 1.165) is 42.9 Å². The molecule has 1 saturated heterocycles. The molecular weight excluding hydrogens is 292 g/mol. The van der Waals surface area contributed by atoms with E-state index in [1.807, 2.05) is 28.9 Å². The first-order chi connectivity index (χ1) is 11.2. The van der Waals surface area contributed by atoms with Crippen molar-refractivity contribution in [1.82, 2.24) is 24.6 Å². The normalized spacial score (nSPS) is 18.7. The Balaban J connectivity index is 1.44. The fourth-order valence-corrected chi connectivity index (χ4v) is 3.13. The topological polar surface area (TPSA) is 92.8 Å². The summed E-state index contributed by atoms with van der Waals surface area (Å²) in [6.07, 6.45) is 4.27. The summed E-state index contributed by atoms with van der Waals surface area (Å²) in [5, 5.41) is 4.26. The summed E-state index contributed by atoms with van der Waals surface area (Å²) in [5.41, 5.74) is 7.80. The summed E-state index contributed by atoms with van der Waals surface area (Å²) in [6, 6.07) is 8.31. The van der Waals surface area contributed by atoms with Crippen LogP contribution in [-0.4, -0.2) is 43.6 Å². The lowest BCUT2D eigenvalue weighted by Gasteiger charge is -2.14. The predicted molar refractivity (Wildman–Crippen MR) is 85.8 cm³/mol. The molecule has 118 valence electrons. The number of nitrogens with two attached hydrogens (primary N) is 1. The molecule has 1 atom stereocenters. The van der Waals surface area contributed by atoms with E-state index in [-0.39, 0.29) is 6.04 Å². The molecule has 1 aromatic carbocycles. The summed E-state index contributed by atoms with van der Waals surface area (Å²) in [6.45, 7) is 2.65. The number of aromatic amines is 1. The number of carbonyl (C=O) groups excluding carboxylic acids is 1. The van der Waals surface area contributed by atoms with Crippen molar-refractivity contribution in [3.63, 3.8) is 0 Å². The van der Waals surface area contributed by atoms with Crippen molar-refractivity contribution in [2.24, 2.45) is 5.73 Å². The Hall–Kier alpha value is -2.67. The van der Waals surface area contributed by atoms with Gasteiger partial charge in [0.15, 0.2) is 0 Å². The number of likely N-dealkylation sites (tertiary alicyclic amines) is 1. The summed E-state index contributed by atoms with van der Waals surface area (Å²) in [5.74, 6) is 0.540. The highest BCUT2D eigenvalue weighted by molar-refractivity contribution is 5.92. The zero-order chi connectivity index (χ0) is 15.8. The molecular formula is C16H18N6O. The van der Waals surface area contributed by atoms with Gasteiger partial charge in [-0.05, 0) is 18.6 Å². The molecule has 0 spiro atoms. The molecule has 3 heterocycles. The van der Waals surface area contributed by atoms with Crippen LogP contribution in [0, 0.1) is 0 Å². The number of para-hydroxylation sites is 2. The lowest BCUT2D eigenvalue weighted by Crippen LogP contribution is -2.22. The van der Waals surface area contributed by atoms with Gasteiger partial charge >= 0.3 is 0 Å². The molecule has 7 heteroatoms. The second-order valence-corrected chi connectivity index (χ2v) is 5.95. The Morgan fingerprint density at radius 1 is 1.39 bits per heavy atom. The molecule has 1 aliphatic heterocycles. The van der Waals surface area contributed by atoms with Crippen molar-refractivity contribution in [3.05, 3.63) is 48.0 Å². The Morgan fingerprint density at radius 2 is 2.26 bits per heavy atom. The third-order valence-electron chi connectivity index (χ3n) is 4.32. The first-order valence-electron chi connectivity index (χ1n) is 7.69. The van der Waals surface area contributed by atoms with Crippen LogP contribution in [0.4, 0.5) is 0 Å². The number of benzene rings is 1. The highest BCUT2D eigenvalue weighted by atomic mass is 16.1. The van der Waals surface area contributed by atoms with Gasteiger partial charge in [-0.3, -0.25) is 14.4 Å². The first-order valence-corrected chi connectivity index (χ1v) is 7.69. The number of nitrogens with zero attached hydrogens (tertiary/aromatic N) is 4. The Morgan fingerprint density at radius 3 is 3.04 bits per heavy atom. The number of amides is 1. The minimum atomic E-state index is -0.437. The first kappa shape index (κ1) is 14.0. The van der Waals surface area contributed by atoms with Crippen molar-refractivity contribution >= 4 is 16.9 Å². The molecule has 3 N–H and O–H groups in total. The van der Waals surface area contributed by atoms with Crippen LogP contribution in [-0.2, 0) is 6.54 Å². The van der Waals surface area contributed by atoms with Gasteiger partial charge in [-0.2, -0.15) is 5.10 Å². The van der Waals surface area contributed by atoms with E-state index < -0.39 is 5.91 Å². The van der Waals surface area contributed by atoms with Gasteiger partial charge in [-0.1, -0.05) is 12.1 Å². The molecule has 3 aromatic rings. The van der Waals surface area contributed by atoms with E-state index in [1.54, 1.807) is 6.20 Å². The van der Waals surface area contributed by atoms with Crippen molar-refractivity contribution in [3.8, 4) is 0 Å². The Labute approximate surface area is 133 Å². The van der Waals surface area contributed by atoms with Crippen LogP contribution in [0.2, 0.25) is 0 Å². The Kier molecular flexibility index (Phi) is 3.34. The molecule has 0 radical (unpaired) electrons. The molecule has 1 fully saturated rings. The van der Waals surface area contributed by atoms with Crippen LogP contribution in [0.15, 0.2) is 36.7 Å². The molecule has 1 amide bonds. The number of fused-ring (bicyclic) bond motifs is 1. The van der Waals surface area contributed by atoms with Gasteiger partial charge in [0, 0.05) is 19.3 Å². The largest absolute Gasteiger partial charge is 0.366 e. The second-order valence-electron chi connectivity index (χ2n) is 5.95. The number of H-pyrrole nitrogens is 1. The number of aromatic nitrogens is 4. The Bertz CT molecular complexity index is 818. The standard InChI is InChI=1S/C16H18N6O/c17-16(23)11-7-18-22(8-11)12-5-6-21(9-12)10-15-19-13-3-1-2-4-14(13)20-15/h1-4,7-8,12H,5-6,9-10H2,(H2,17,23)(H,19,20). The zero-order valence-corrected chi connectivity index (χ0v) is 12.6. The molecule has 0 saturated carbocycles. The number of carbonyl (C=O) groups is 1. The zero-order valence-electron chi connectivity index (χ0n) is 12.6. The average molecular weight is 310 g/mol. The van der Waals surface area contributed by atoms with Crippen LogP contribution in [0.1, 0.15) is 28.6 Å². The van der Waals surface area contributed by atoms with Crippen molar-refractivity contribution < 1.29 is 4.79 Å². The summed E-state index contributed by atoms with van der Waals surface area (Å²) >= 11 is 0. The lowest BCUT2D eigenvalue weighted by molar-refractivity contribution is 0.1000. The van der Waals surface area contributed by atoms with Crippen LogP contribution in [0.5, 0.6) is 0 Å². The minimum Gasteiger partial charge on any atom is -0.366 e. The van der Waals surface area contributed by atoms with Crippen LogP contribution >= 0.6 is 0 Å². The van der Waals surface area contributed by atoms with Crippen molar-refractivity contribution in [2.75, 3.05) is 13.1 Å². The number of primary amides is 1. The number of hydrogen-bond donors (Lipinski definition) is 2. The van der Waals surface area contributed by atoms with Gasteiger partial charge in [0.25, 0.3) is 5.91 Å². The summed E-state index contributed by atoms with van der Waals surface area (Å²) in [4.78, 5) is 21.5. The lowest BCUT2D eigenvalue weighted by atomic mass is 10.3. The third-order valence-corrected chi connectivity index (χ3v) is 4.32. The summed E-state index contributed by atoms with van der Waals surface area (Å²) in [7, 11) is 0. The van der Waals surface area contributed by atoms with Crippen molar-refractivity contribution in [1.29, 1.82) is 0 Å². The molecule has 0 bridgehead atoms. The molecule has 7 nitrogen and oxygen atoms in total. The summed E-state index contributed by atoms with van der Waals surface area (Å²) < 4.78 is 1.85. The highest BCUT2D eigenvalue weighted by Gasteiger charge is 2.25.